The highest BCUT2D eigenvalue weighted by molar-refractivity contribution is 9.10. The highest BCUT2D eigenvalue weighted by atomic mass is 79.9. The lowest BCUT2D eigenvalue weighted by molar-refractivity contribution is 0.411. The molecule has 0 spiro atoms. The molecule has 0 bridgehead atoms. The Morgan fingerprint density at radius 3 is 2.59 bits per heavy atom. The first kappa shape index (κ1) is 11.9. The fourth-order valence-electron chi connectivity index (χ4n) is 1.60. The number of halogens is 2. The van der Waals surface area contributed by atoms with Gasteiger partial charge >= 0.3 is 0 Å². The zero-order chi connectivity index (χ0) is 12.4. The van der Waals surface area contributed by atoms with Gasteiger partial charge in [0.2, 0.25) is 0 Å². The number of rotatable bonds is 2. The Kier molecular flexibility index (Phi) is 3.33. The molecule has 17 heavy (non-hydrogen) atoms. The van der Waals surface area contributed by atoms with Crippen molar-refractivity contribution in [2.24, 2.45) is 0 Å². The van der Waals surface area contributed by atoms with E-state index in [-0.39, 0.29) is 5.75 Å². The quantitative estimate of drug-likeness (QED) is 0.909. The molecule has 0 saturated heterocycles. The number of hydrogen-bond acceptors (Lipinski definition) is 2. The van der Waals surface area contributed by atoms with Crippen molar-refractivity contribution in [3.63, 3.8) is 0 Å². The molecule has 0 aliphatic carbocycles. The lowest BCUT2D eigenvalue weighted by atomic mass is 10.0. The minimum atomic E-state index is -0.438. The summed E-state index contributed by atoms with van der Waals surface area (Å²) in [7, 11) is 1.48. The molecule has 88 valence electrons. The molecule has 0 radical (unpaired) electrons. The van der Waals surface area contributed by atoms with E-state index in [4.69, 9.17) is 4.74 Å². The zero-order valence-corrected chi connectivity index (χ0v) is 10.7. The lowest BCUT2D eigenvalue weighted by Gasteiger charge is -2.09. The Labute approximate surface area is 107 Å². The molecule has 0 unspecified atom stereocenters. The third-order valence-electron chi connectivity index (χ3n) is 2.44. The van der Waals surface area contributed by atoms with Crippen LogP contribution in [0.3, 0.4) is 0 Å². The summed E-state index contributed by atoms with van der Waals surface area (Å²) >= 11 is 3.30. The third-order valence-corrected chi connectivity index (χ3v) is 3.10. The normalized spacial score (nSPS) is 10.3. The minimum absolute atomic E-state index is 0.0310. The van der Waals surface area contributed by atoms with E-state index in [0.717, 1.165) is 0 Å². The van der Waals surface area contributed by atoms with Gasteiger partial charge in [-0.1, -0.05) is 22.0 Å². The monoisotopic (exact) mass is 296 g/mol. The first-order valence-corrected chi connectivity index (χ1v) is 5.74. The summed E-state index contributed by atoms with van der Waals surface area (Å²) in [4.78, 5) is 0. The van der Waals surface area contributed by atoms with Gasteiger partial charge in [-0.3, -0.25) is 0 Å². The molecule has 2 aromatic rings. The number of ether oxygens (including phenoxy) is 1. The fraction of sp³-hybridized carbons (Fsp3) is 0.0769. The van der Waals surface area contributed by atoms with Crippen molar-refractivity contribution in [3.05, 3.63) is 46.7 Å². The predicted molar refractivity (Wildman–Crippen MR) is 67.8 cm³/mol. The van der Waals surface area contributed by atoms with Crippen molar-refractivity contribution in [2.75, 3.05) is 7.11 Å². The van der Waals surface area contributed by atoms with Crippen LogP contribution in [-0.2, 0) is 0 Å². The molecule has 0 atom stereocenters. The molecular formula is C13H10BrFO2. The summed E-state index contributed by atoms with van der Waals surface area (Å²) < 4.78 is 19.4. The van der Waals surface area contributed by atoms with Gasteiger partial charge in [-0.15, -0.1) is 0 Å². The van der Waals surface area contributed by atoms with E-state index in [9.17, 15) is 9.50 Å². The lowest BCUT2D eigenvalue weighted by Crippen LogP contribution is -1.89. The van der Waals surface area contributed by atoms with E-state index in [1.807, 2.05) is 0 Å². The van der Waals surface area contributed by atoms with Gasteiger partial charge in [0, 0.05) is 21.7 Å². The predicted octanol–water partition coefficient (Wildman–Crippen LogP) is 3.97. The number of phenols is 1. The molecule has 2 nitrogen and oxygen atoms in total. The van der Waals surface area contributed by atoms with Crippen LogP contribution < -0.4 is 4.74 Å². The summed E-state index contributed by atoms with van der Waals surface area (Å²) in [6, 6.07) is 9.46. The smallest absolute Gasteiger partial charge is 0.134 e. The minimum Gasteiger partial charge on any atom is -0.507 e. The molecule has 2 rings (SSSR count). The molecule has 0 heterocycles. The van der Waals surface area contributed by atoms with Crippen molar-refractivity contribution in [2.45, 2.75) is 0 Å². The van der Waals surface area contributed by atoms with E-state index in [1.54, 1.807) is 24.3 Å². The summed E-state index contributed by atoms with van der Waals surface area (Å²) in [5.41, 5.74) is 0.767. The van der Waals surface area contributed by atoms with E-state index in [0.29, 0.717) is 21.3 Å². The molecule has 0 saturated carbocycles. The first-order chi connectivity index (χ1) is 8.13. The van der Waals surface area contributed by atoms with Crippen LogP contribution in [0.1, 0.15) is 0 Å². The highest BCUT2D eigenvalue weighted by Crippen LogP contribution is 2.38. The Hall–Kier alpha value is -1.55. The summed E-state index contributed by atoms with van der Waals surface area (Å²) in [6.45, 7) is 0. The number of benzene rings is 2. The van der Waals surface area contributed by atoms with Crippen molar-refractivity contribution < 1.29 is 14.2 Å². The van der Waals surface area contributed by atoms with Crippen LogP contribution in [0.2, 0.25) is 0 Å². The van der Waals surface area contributed by atoms with Crippen molar-refractivity contribution in [3.8, 4) is 22.6 Å². The number of hydrogen-bond donors (Lipinski definition) is 1. The number of methoxy groups -OCH3 is 1. The summed E-state index contributed by atoms with van der Waals surface area (Å²) in [6.07, 6.45) is 0. The second-order valence-corrected chi connectivity index (χ2v) is 4.33. The van der Waals surface area contributed by atoms with Gasteiger partial charge in [0.1, 0.15) is 17.3 Å². The van der Waals surface area contributed by atoms with Gasteiger partial charge in [-0.25, -0.2) is 4.39 Å². The summed E-state index contributed by atoms with van der Waals surface area (Å²) in [5, 5.41) is 9.77. The van der Waals surface area contributed by atoms with Gasteiger partial charge in [-0.05, 0) is 24.3 Å². The standard InChI is InChI=1S/C13H10BrFO2/c1-17-8-5-6-9(11(15)7-8)13-10(14)3-2-4-12(13)16/h2-7,16H,1H3. The van der Waals surface area contributed by atoms with E-state index in [2.05, 4.69) is 15.9 Å². The molecule has 2 aromatic carbocycles. The molecule has 0 aromatic heterocycles. The zero-order valence-electron chi connectivity index (χ0n) is 9.08. The molecule has 0 aliphatic heterocycles. The van der Waals surface area contributed by atoms with Crippen LogP contribution in [0.5, 0.6) is 11.5 Å². The third kappa shape index (κ3) is 2.26. The average molecular weight is 297 g/mol. The fourth-order valence-corrected chi connectivity index (χ4v) is 2.17. The van der Waals surface area contributed by atoms with Gasteiger partial charge in [0.15, 0.2) is 0 Å². The van der Waals surface area contributed by atoms with Crippen molar-refractivity contribution in [1.82, 2.24) is 0 Å². The second kappa shape index (κ2) is 4.75. The molecule has 0 amide bonds. The summed E-state index contributed by atoms with van der Waals surface area (Å²) in [5.74, 6) is 0.0350. The molecule has 1 N–H and O–H groups in total. The van der Waals surface area contributed by atoms with E-state index >= 15 is 0 Å². The Morgan fingerprint density at radius 1 is 1.24 bits per heavy atom. The maximum Gasteiger partial charge on any atom is 0.134 e. The van der Waals surface area contributed by atoms with Crippen LogP contribution in [0.4, 0.5) is 4.39 Å². The maximum atomic E-state index is 13.9. The Bertz CT molecular complexity index is 535. The Morgan fingerprint density at radius 2 is 2.00 bits per heavy atom. The average Bonchev–Trinajstić information content (AvgIpc) is 2.30. The van der Waals surface area contributed by atoms with Gasteiger partial charge < -0.3 is 9.84 Å². The Balaban J connectivity index is 2.61. The first-order valence-electron chi connectivity index (χ1n) is 4.95. The molecular weight excluding hydrogens is 287 g/mol. The van der Waals surface area contributed by atoms with Gasteiger partial charge in [0.05, 0.1) is 7.11 Å². The van der Waals surface area contributed by atoms with E-state index in [1.165, 1.54) is 19.2 Å². The maximum absolute atomic E-state index is 13.9. The number of phenolic OH excluding ortho intramolecular Hbond substituents is 1. The van der Waals surface area contributed by atoms with Crippen molar-refractivity contribution >= 4 is 15.9 Å². The van der Waals surface area contributed by atoms with Gasteiger partial charge in [0.25, 0.3) is 0 Å². The highest BCUT2D eigenvalue weighted by Gasteiger charge is 2.13. The van der Waals surface area contributed by atoms with Gasteiger partial charge in [-0.2, -0.15) is 0 Å². The van der Waals surface area contributed by atoms with E-state index < -0.39 is 5.82 Å². The topological polar surface area (TPSA) is 29.5 Å². The SMILES string of the molecule is COc1ccc(-c2c(O)cccc2Br)c(F)c1. The largest absolute Gasteiger partial charge is 0.507 e. The molecule has 0 fully saturated rings. The van der Waals surface area contributed by atoms with Crippen molar-refractivity contribution in [1.29, 1.82) is 0 Å². The molecule has 0 aliphatic rings. The second-order valence-electron chi connectivity index (χ2n) is 3.48. The molecule has 4 heteroatoms. The van der Waals surface area contributed by atoms with Crippen LogP contribution in [0.15, 0.2) is 40.9 Å². The van der Waals surface area contributed by atoms with Crippen LogP contribution in [0.25, 0.3) is 11.1 Å². The van der Waals surface area contributed by atoms with Crippen LogP contribution in [-0.4, -0.2) is 12.2 Å². The number of aromatic hydroxyl groups is 1. The van der Waals surface area contributed by atoms with Crippen LogP contribution in [0, 0.1) is 5.82 Å². The van der Waals surface area contributed by atoms with Crippen LogP contribution >= 0.6 is 15.9 Å².